The molecule has 0 aliphatic carbocycles. The van der Waals surface area contributed by atoms with Crippen LogP contribution in [0.1, 0.15) is 0 Å². The van der Waals surface area contributed by atoms with Gasteiger partial charge in [0.05, 0.1) is 0 Å². The number of hydrogen-bond acceptors (Lipinski definition) is 3. The van der Waals surface area contributed by atoms with Crippen molar-refractivity contribution in [2.75, 3.05) is 4.90 Å². The molecule has 2 heterocycles. The van der Waals surface area contributed by atoms with E-state index in [2.05, 4.69) is 138 Å². The Morgan fingerprint density at radius 3 is 1.79 bits per heavy atom. The number of para-hydroxylation sites is 1. The number of nitrogens with zero attached hydrogens (tertiary/aromatic N) is 1. The van der Waals surface area contributed by atoms with Crippen LogP contribution in [0.5, 0.6) is 0 Å². The maximum atomic E-state index is 6.50. The summed E-state index contributed by atoms with van der Waals surface area (Å²) in [5.74, 6) is 0. The molecule has 2 aromatic heterocycles. The molecular formula is C40H25NO2. The molecule has 3 nitrogen and oxygen atoms in total. The Bertz CT molecular complexity index is 2440. The lowest BCUT2D eigenvalue weighted by Crippen LogP contribution is -2.09. The second kappa shape index (κ2) is 9.37. The van der Waals surface area contributed by atoms with E-state index in [1.54, 1.807) is 0 Å². The van der Waals surface area contributed by atoms with Crippen LogP contribution in [0.3, 0.4) is 0 Å². The van der Waals surface area contributed by atoms with Gasteiger partial charge in [-0.05, 0) is 77.2 Å². The molecule has 0 fully saturated rings. The first-order valence-electron chi connectivity index (χ1n) is 14.5. The van der Waals surface area contributed by atoms with Crippen molar-refractivity contribution in [2.45, 2.75) is 0 Å². The molecule has 0 unspecified atom stereocenters. The molecule has 0 spiro atoms. The highest BCUT2D eigenvalue weighted by molar-refractivity contribution is 6.28. The second-order valence-electron chi connectivity index (χ2n) is 10.9. The van der Waals surface area contributed by atoms with Crippen LogP contribution in [0.25, 0.3) is 65.8 Å². The van der Waals surface area contributed by atoms with Crippen LogP contribution in [0.15, 0.2) is 160 Å². The van der Waals surface area contributed by atoms with Crippen LogP contribution in [-0.4, -0.2) is 0 Å². The largest absolute Gasteiger partial charge is 0.456 e. The first-order valence-corrected chi connectivity index (χ1v) is 14.5. The van der Waals surface area contributed by atoms with Gasteiger partial charge in [-0.15, -0.1) is 0 Å². The quantitative estimate of drug-likeness (QED) is 0.218. The number of furan rings is 2. The Labute approximate surface area is 247 Å². The molecule has 0 bridgehead atoms. The summed E-state index contributed by atoms with van der Waals surface area (Å²) < 4.78 is 12.9. The third-order valence-corrected chi connectivity index (χ3v) is 8.45. The molecule has 0 atom stereocenters. The third kappa shape index (κ3) is 3.75. The van der Waals surface area contributed by atoms with Gasteiger partial charge in [0.15, 0.2) is 0 Å². The number of fused-ring (bicyclic) bond motifs is 9. The van der Waals surface area contributed by atoms with Crippen LogP contribution in [0, 0.1) is 0 Å². The highest BCUT2D eigenvalue weighted by Gasteiger charge is 2.20. The maximum absolute atomic E-state index is 6.50. The van der Waals surface area contributed by atoms with E-state index in [0.717, 1.165) is 66.3 Å². The smallest absolute Gasteiger partial charge is 0.143 e. The van der Waals surface area contributed by atoms with Gasteiger partial charge in [0.1, 0.15) is 22.3 Å². The van der Waals surface area contributed by atoms with E-state index >= 15 is 0 Å². The Kier molecular flexibility index (Phi) is 5.20. The number of hydrogen-bond donors (Lipinski definition) is 0. The van der Waals surface area contributed by atoms with E-state index in [1.807, 2.05) is 18.2 Å². The van der Waals surface area contributed by atoms with Gasteiger partial charge in [-0.25, -0.2) is 0 Å². The molecule has 3 heteroatoms. The number of benzene rings is 7. The average molecular weight is 552 g/mol. The molecule has 0 aliphatic heterocycles. The van der Waals surface area contributed by atoms with Crippen LogP contribution in [0.4, 0.5) is 17.1 Å². The fraction of sp³-hybridized carbons (Fsp3) is 0. The van der Waals surface area contributed by atoms with E-state index in [4.69, 9.17) is 8.83 Å². The van der Waals surface area contributed by atoms with Gasteiger partial charge in [-0.3, -0.25) is 0 Å². The summed E-state index contributed by atoms with van der Waals surface area (Å²) in [6.45, 7) is 0. The maximum Gasteiger partial charge on any atom is 0.143 e. The SMILES string of the molecule is c1ccc(-c2ccc(N(c3ccccc3)c3ccc4oc5ccc6oc7c8ccccc8ccc7c6c5c4c3)cc2)cc1. The Morgan fingerprint density at radius 2 is 0.977 bits per heavy atom. The predicted octanol–water partition coefficient (Wildman–Crippen LogP) is 11.8. The molecule has 0 radical (unpaired) electrons. The second-order valence-corrected chi connectivity index (χ2v) is 10.9. The van der Waals surface area contributed by atoms with Gasteiger partial charge in [-0.2, -0.15) is 0 Å². The predicted molar refractivity (Wildman–Crippen MR) is 179 cm³/mol. The summed E-state index contributed by atoms with van der Waals surface area (Å²) in [5, 5.41) is 6.62. The molecule has 0 amide bonds. The Morgan fingerprint density at radius 1 is 0.372 bits per heavy atom. The monoisotopic (exact) mass is 551 g/mol. The minimum Gasteiger partial charge on any atom is -0.456 e. The lowest BCUT2D eigenvalue weighted by atomic mass is 10.0. The summed E-state index contributed by atoms with van der Waals surface area (Å²) in [5.41, 5.74) is 9.12. The molecule has 43 heavy (non-hydrogen) atoms. The van der Waals surface area contributed by atoms with Crippen LogP contribution in [-0.2, 0) is 0 Å². The average Bonchev–Trinajstić information content (AvgIpc) is 3.64. The minimum atomic E-state index is 0.855. The molecule has 0 aliphatic rings. The zero-order valence-electron chi connectivity index (χ0n) is 23.2. The normalized spacial score (nSPS) is 11.7. The fourth-order valence-corrected chi connectivity index (χ4v) is 6.45. The topological polar surface area (TPSA) is 29.5 Å². The first kappa shape index (κ1) is 23.9. The van der Waals surface area contributed by atoms with E-state index in [-0.39, 0.29) is 0 Å². The Hall–Kier alpha value is -5.80. The standard InChI is InChI=1S/C40H25NO2/c1-3-9-26(10-4-1)27-15-18-30(19-16-27)41(29-12-5-2-6-13-29)31-20-22-35-34(25-31)39-36(42-35)23-24-37-38(39)33-21-17-28-11-7-8-14-32(28)40(33)43-37/h1-25H. The van der Waals surface area contributed by atoms with Crippen LogP contribution >= 0.6 is 0 Å². The van der Waals surface area contributed by atoms with Crippen molar-refractivity contribution < 1.29 is 8.83 Å². The molecule has 0 saturated carbocycles. The van der Waals surface area contributed by atoms with Crippen molar-refractivity contribution in [3.8, 4) is 11.1 Å². The summed E-state index contributed by atoms with van der Waals surface area (Å²) in [4.78, 5) is 2.30. The van der Waals surface area contributed by atoms with Crippen molar-refractivity contribution in [2.24, 2.45) is 0 Å². The van der Waals surface area contributed by atoms with Crippen molar-refractivity contribution in [1.82, 2.24) is 0 Å². The summed E-state index contributed by atoms with van der Waals surface area (Å²) in [7, 11) is 0. The highest BCUT2D eigenvalue weighted by Crippen LogP contribution is 2.44. The summed E-state index contributed by atoms with van der Waals surface area (Å²) >= 11 is 0. The fourth-order valence-electron chi connectivity index (χ4n) is 6.45. The lowest BCUT2D eigenvalue weighted by molar-refractivity contribution is 0.664. The van der Waals surface area contributed by atoms with Crippen LogP contribution in [0.2, 0.25) is 0 Å². The van der Waals surface area contributed by atoms with Crippen molar-refractivity contribution in [3.05, 3.63) is 152 Å². The van der Waals surface area contributed by atoms with E-state index in [1.165, 1.54) is 16.5 Å². The minimum absolute atomic E-state index is 0.855. The number of rotatable bonds is 4. The van der Waals surface area contributed by atoms with E-state index in [0.29, 0.717) is 0 Å². The Balaban J connectivity index is 1.27. The summed E-state index contributed by atoms with van der Waals surface area (Å²) in [6, 6.07) is 53.0. The van der Waals surface area contributed by atoms with Crippen molar-refractivity contribution >= 4 is 71.7 Å². The molecule has 9 aromatic rings. The zero-order valence-corrected chi connectivity index (χ0v) is 23.2. The highest BCUT2D eigenvalue weighted by atomic mass is 16.3. The van der Waals surface area contributed by atoms with Gasteiger partial charge >= 0.3 is 0 Å². The molecular weight excluding hydrogens is 526 g/mol. The molecule has 9 rings (SSSR count). The van der Waals surface area contributed by atoms with Crippen molar-refractivity contribution in [1.29, 1.82) is 0 Å². The lowest BCUT2D eigenvalue weighted by Gasteiger charge is -2.25. The molecule has 0 N–H and O–H groups in total. The summed E-state index contributed by atoms with van der Waals surface area (Å²) in [6.07, 6.45) is 0. The van der Waals surface area contributed by atoms with Gasteiger partial charge in [0, 0.05) is 44.0 Å². The van der Waals surface area contributed by atoms with Gasteiger partial charge in [0.2, 0.25) is 0 Å². The number of anilines is 3. The molecule has 0 saturated heterocycles. The van der Waals surface area contributed by atoms with Crippen LogP contribution < -0.4 is 4.90 Å². The first-order chi connectivity index (χ1) is 21.3. The van der Waals surface area contributed by atoms with Gasteiger partial charge < -0.3 is 13.7 Å². The van der Waals surface area contributed by atoms with Gasteiger partial charge in [0.25, 0.3) is 0 Å². The van der Waals surface area contributed by atoms with Crippen molar-refractivity contribution in [3.63, 3.8) is 0 Å². The van der Waals surface area contributed by atoms with E-state index in [9.17, 15) is 0 Å². The molecule has 7 aromatic carbocycles. The van der Waals surface area contributed by atoms with Gasteiger partial charge in [-0.1, -0.05) is 91.0 Å². The van der Waals surface area contributed by atoms with E-state index < -0.39 is 0 Å². The third-order valence-electron chi connectivity index (χ3n) is 8.45. The molecule has 202 valence electrons. The zero-order chi connectivity index (χ0) is 28.3.